The highest BCUT2D eigenvalue weighted by Crippen LogP contribution is 2.27. The van der Waals surface area contributed by atoms with E-state index in [0.29, 0.717) is 18.0 Å². The fourth-order valence-electron chi connectivity index (χ4n) is 2.18. The molecule has 2 rings (SSSR count). The molecule has 0 saturated carbocycles. The molecule has 15 heavy (non-hydrogen) atoms. The van der Waals surface area contributed by atoms with Gasteiger partial charge in [-0.15, -0.1) is 0 Å². The zero-order valence-electron chi connectivity index (χ0n) is 9.90. The van der Waals surface area contributed by atoms with E-state index in [1.54, 1.807) is 0 Å². The van der Waals surface area contributed by atoms with Crippen molar-refractivity contribution in [1.29, 1.82) is 0 Å². The molecule has 2 atom stereocenters. The van der Waals surface area contributed by atoms with Crippen LogP contribution in [0.4, 0.5) is 0 Å². The quantitative estimate of drug-likeness (QED) is 0.825. The molecule has 3 heteroatoms. The van der Waals surface area contributed by atoms with Crippen molar-refractivity contribution in [3.63, 3.8) is 0 Å². The highest BCUT2D eigenvalue weighted by Gasteiger charge is 2.22. The summed E-state index contributed by atoms with van der Waals surface area (Å²) in [6, 6.07) is 1.05. The van der Waals surface area contributed by atoms with Crippen LogP contribution in [0.25, 0.3) is 0 Å². The van der Waals surface area contributed by atoms with Crippen LogP contribution in [0.2, 0.25) is 0 Å². The van der Waals surface area contributed by atoms with Gasteiger partial charge in [0.2, 0.25) is 0 Å². The topological polar surface area (TPSA) is 29.9 Å². The van der Waals surface area contributed by atoms with Crippen molar-refractivity contribution in [1.82, 2.24) is 14.9 Å². The van der Waals surface area contributed by atoms with E-state index in [-0.39, 0.29) is 0 Å². The predicted octanol–water partition coefficient (Wildman–Crippen LogP) is 2.52. The lowest BCUT2D eigenvalue weighted by atomic mass is 10.1. The third-order valence-corrected chi connectivity index (χ3v) is 3.52. The summed E-state index contributed by atoms with van der Waals surface area (Å²) >= 11 is 0. The van der Waals surface area contributed by atoms with Gasteiger partial charge in [0, 0.05) is 18.3 Å². The van der Waals surface area contributed by atoms with Gasteiger partial charge in [0.15, 0.2) is 0 Å². The third-order valence-electron chi connectivity index (χ3n) is 3.52. The van der Waals surface area contributed by atoms with Crippen LogP contribution in [-0.2, 0) is 0 Å². The van der Waals surface area contributed by atoms with Crippen LogP contribution in [-0.4, -0.2) is 16.1 Å². The van der Waals surface area contributed by atoms with Gasteiger partial charge in [-0.25, -0.2) is 4.98 Å². The van der Waals surface area contributed by atoms with Crippen molar-refractivity contribution in [3.05, 3.63) is 18.2 Å². The van der Waals surface area contributed by atoms with Gasteiger partial charge in [-0.05, 0) is 32.2 Å². The predicted molar refractivity (Wildman–Crippen MR) is 61.8 cm³/mol. The van der Waals surface area contributed by atoms with E-state index < -0.39 is 0 Å². The van der Waals surface area contributed by atoms with E-state index >= 15 is 0 Å². The van der Waals surface area contributed by atoms with Crippen LogP contribution in [0.15, 0.2) is 12.5 Å². The molecule has 3 nitrogen and oxygen atoms in total. The first-order valence-corrected chi connectivity index (χ1v) is 5.95. The van der Waals surface area contributed by atoms with Crippen LogP contribution < -0.4 is 5.32 Å². The van der Waals surface area contributed by atoms with Gasteiger partial charge in [-0.3, -0.25) is 0 Å². The molecule has 1 unspecified atom stereocenters. The first-order valence-electron chi connectivity index (χ1n) is 5.95. The zero-order valence-corrected chi connectivity index (χ0v) is 9.90. The second kappa shape index (κ2) is 4.35. The van der Waals surface area contributed by atoms with Crippen LogP contribution in [0.1, 0.15) is 51.4 Å². The lowest BCUT2D eigenvalue weighted by Gasteiger charge is -2.22. The standard InChI is InChI=1S/C12H21N3/c1-9(2)10(3)15-8-13-7-12(15)11-5-4-6-14-11/h7-11,14H,4-6H2,1-3H3/t10?,11-/m0/s1. The second-order valence-electron chi connectivity index (χ2n) is 4.86. The van der Waals surface area contributed by atoms with Crippen molar-refractivity contribution >= 4 is 0 Å². The van der Waals surface area contributed by atoms with Crippen LogP contribution >= 0.6 is 0 Å². The van der Waals surface area contributed by atoms with Gasteiger partial charge < -0.3 is 9.88 Å². The summed E-state index contributed by atoms with van der Waals surface area (Å²) in [6.45, 7) is 7.93. The van der Waals surface area contributed by atoms with E-state index in [9.17, 15) is 0 Å². The fourth-order valence-corrected chi connectivity index (χ4v) is 2.18. The summed E-state index contributed by atoms with van der Waals surface area (Å²) in [7, 11) is 0. The molecule has 0 spiro atoms. The molecule has 0 radical (unpaired) electrons. The normalized spacial score (nSPS) is 23.6. The molecule has 0 amide bonds. The highest BCUT2D eigenvalue weighted by molar-refractivity contribution is 5.08. The Kier molecular flexibility index (Phi) is 3.10. The van der Waals surface area contributed by atoms with Crippen LogP contribution in [0, 0.1) is 5.92 Å². The maximum absolute atomic E-state index is 4.29. The van der Waals surface area contributed by atoms with Gasteiger partial charge in [0.05, 0.1) is 12.0 Å². The molecule has 84 valence electrons. The Balaban J connectivity index is 2.21. The van der Waals surface area contributed by atoms with Crippen molar-refractivity contribution in [2.24, 2.45) is 5.92 Å². The SMILES string of the molecule is CC(C)C(C)n1cncc1[C@@H]1CCCN1. The number of imidazole rings is 1. The van der Waals surface area contributed by atoms with Gasteiger partial charge in [0.1, 0.15) is 0 Å². The summed E-state index contributed by atoms with van der Waals surface area (Å²) in [5, 5.41) is 3.53. The van der Waals surface area contributed by atoms with Crippen molar-refractivity contribution < 1.29 is 0 Å². The lowest BCUT2D eigenvalue weighted by Crippen LogP contribution is -2.20. The molecule has 0 aliphatic carbocycles. The summed E-state index contributed by atoms with van der Waals surface area (Å²) in [4.78, 5) is 4.29. The Morgan fingerprint density at radius 2 is 2.27 bits per heavy atom. The molecular weight excluding hydrogens is 186 g/mol. The molecule has 0 aromatic carbocycles. The molecule has 1 saturated heterocycles. The zero-order chi connectivity index (χ0) is 10.8. The van der Waals surface area contributed by atoms with Crippen LogP contribution in [0.5, 0.6) is 0 Å². The molecule has 1 aliphatic rings. The lowest BCUT2D eigenvalue weighted by molar-refractivity contribution is 0.387. The molecule has 2 heterocycles. The van der Waals surface area contributed by atoms with E-state index in [1.807, 2.05) is 12.5 Å². The third kappa shape index (κ3) is 2.07. The maximum Gasteiger partial charge on any atom is 0.0951 e. The number of hydrogen-bond acceptors (Lipinski definition) is 2. The molecule has 1 aromatic heterocycles. The van der Waals surface area contributed by atoms with E-state index in [2.05, 4.69) is 35.6 Å². The monoisotopic (exact) mass is 207 g/mol. The number of rotatable bonds is 3. The summed E-state index contributed by atoms with van der Waals surface area (Å²) in [6.07, 6.45) is 6.52. The summed E-state index contributed by atoms with van der Waals surface area (Å²) < 4.78 is 2.33. The van der Waals surface area contributed by atoms with Crippen molar-refractivity contribution in [2.75, 3.05) is 6.54 Å². The Morgan fingerprint density at radius 1 is 1.47 bits per heavy atom. The van der Waals surface area contributed by atoms with E-state index in [1.165, 1.54) is 18.5 Å². The molecule has 0 bridgehead atoms. The van der Waals surface area contributed by atoms with Gasteiger partial charge in [-0.1, -0.05) is 13.8 Å². The molecule has 1 fully saturated rings. The van der Waals surface area contributed by atoms with Gasteiger partial charge in [0.25, 0.3) is 0 Å². The van der Waals surface area contributed by atoms with E-state index in [0.717, 1.165) is 6.54 Å². The minimum Gasteiger partial charge on any atom is -0.330 e. The van der Waals surface area contributed by atoms with Crippen molar-refractivity contribution in [3.8, 4) is 0 Å². The second-order valence-corrected chi connectivity index (χ2v) is 4.86. The number of hydrogen-bond donors (Lipinski definition) is 1. The first kappa shape index (κ1) is 10.7. The molecule has 1 aromatic rings. The Bertz CT molecular complexity index is 294. The Morgan fingerprint density at radius 3 is 2.87 bits per heavy atom. The molecule has 1 aliphatic heterocycles. The number of nitrogens with one attached hydrogen (secondary N) is 1. The highest BCUT2D eigenvalue weighted by atomic mass is 15.1. The maximum atomic E-state index is 4.29. The largest absolute Gasteiger partial charge is 0.330 e. The minimum absolute atomic E-state index is 0.522. The van der Waals surface area contributed by atoms with Gasteiger partial charge >= 0.3 is 0 Å². The fraction of sp³-hybridized carbons (Fsp3) is 0.750. The van der Waals surface area contributed by atoms with E-state index in [4.69, 9.17) is 0 Å². The van der Waals surface area contributed by atoms with Crippen LogP contribution in [0.3, 0.4) is 0 Å². The summed E-state index contributed by atoms with van der Waals surface area (Å²) in [5.74, 6) is 0.652. The smallest absolute Gasteiger partial charge is 0.0951 e. The number of aromatic nitrogens is 2. The average Bonchev–Trinajstić information content (AvgIpc) is 2.86. The first-order chi connectivity index (χ1) is 7.20. The molecule has 1 N–H and O–H groups in total. The average molecular weight is 207 g/mol. The number of nitrogens with zero attached hydrogens (tertiary/aromatic N) is 2. The minimum atomic E-state index is 0.522. The summed E-state index contributed by atoms with van der Waals surface area (Å²) in [5.41, 5.74) is 1.36. The van der Waals surface area contributed by atoms with Gasteiger partial charge in [-0.2, -0.15) is 0 Å². The van der Waals surface area contributed by atoms with Crippen molar-refractivity contribution in [2.45, 2.75) is 45.7 Å². The molecular formula is C12H21N3. The Labute approximate surface area is 91.9 Å². The Hall–Kier alpha value is -0.830.